The molecule has 0 saturated carbocycles. The molecule has 0 spiro atoms. The van der Waals surface area contributed by atoms with Crippen LogP contribution in [0.3, 0.4) is 0 Å². The Morgan fingerprint density at radius 2 is 1.70 bits per heavy atom. The first-order valence-corrected chi connectivity index (χ1v) is 8.40. The number of aryl methyl sites for hydroxylation is 3. The molecule has 0 aliphatic heterocycles. The topological polar surface area (TPSA) is 52.0 Å². The number of benzene rings is 1. The second-order valence-corrected chi connectivity index (χ2v) is 7.43. The predicted molar refractivity (Wildman–Crippen MR) is 81.0 cm³/mol. The van der Waals surface area contributed by atoms with E-state index in [-0.39, 0.29) is 5.03 Å². The van der Waals surface area contributed by atoms with Crippen molar-refractivity contribution in [3.63, 3.8) is 0 Å². The van der Waals surface area contributed by atoms with Gasteiger partial charge in [-0.15, -0.1) is 0 Å². The highest BCUT2D eigenvalue weighted by Crippen LogP contribution is 2.33. The average Bonchev–Trinajstić information content (AvgIpc) is 2.58. The highest BCUT2D eigenvalue weighted by Gasteiger charge is 2.22. The first kappa shape index (κ1) is 15.1. The van der Waals surface area contributed by atoms with Crippen molar-refractivity contribution in [2.75, 3.05) is 6.26 Å². The zero-order valence-electron chi connectivity index (χ0n) is 12.2. The van der Waals surface area contributed by atoms with Gasteiger partial charge in [-0.1, -0.05) is 11.6 Å². The van der Waals surface area contributed by atoms with Crippen LogP contribution in [-0.2, 0) is 16.9 Å². The Balaban J connectivity index is 2.76. The smallest absolute Gasteiger partial charge is 0.192 e. The molecule has 1 aromatic carbocycles. The van der Waals surface area contributed by atoms with Gasteiger partial charge in [0.05, 0.1) is 10.7 Å². The molecule has 0 bridgehead atoms. The monoisotopic (exact) mass is 312 g/mol. The van der Waals surface area contributed by atoms with Crippen LogP contribution in [0.4, 0.5) is 0 Å². The van der Waals surface area contributed by atoms with E-state index in [9.17, 15) is 8.42 Å². The van der Waals surface area contributed by atoms with Crippen molar-refractivity contribution >= 4 is 21.4 Å². The van der Waals surface area contributed by atoms with Crippen LogP contribution in [0.2, 0.25) is 5.02 Å². The molecule has 0 N–H and O–H groups in total. The minimum Gasteiger partial charge on any atom is -0.256 e. The summed E-state index contributed by atoms with van der Waals surface area (Å²) in [6.45, 7) is 5.73. The van der Waals surface area contributed by atoms with Crippen LogP contribution in [0.15, 0.2) is 17.2 Å². The maximum absolute atomic E-state index is 11.8. The van der Waals surface area contributed by atoms with Crippen molar-refractivity contribution in [2.24, 2.45) is 7.05 Å². The summed E-state index contributed by atoms with van der Waals surface area (Å²) in [7, 11) is -1.70. The van der Waals surface area contributed by atoms with Gasteiger partial charge in [0.2, 0.25) is 0 Å². The summed E-state index contributed by atoms with van der Waals surface area (Å²) < 4.78 is 25.1. The summed E-state index contributed by atoms with van der Waals surface area (Å²) in [5.41, 5.74) is 4.19. The van der Waals surface area contributed by atoms with E-state index in [0.717, 1.165) is 16.7 Å². The number of hydrogen-bond donors (Lipinski definition) is 0. The quantitative estimate of drug-likeness (QED) is 0.856. The molecule has 108 valence electrons. The molecule has 0 aliphatic rings. The second kappa shape index (κ2) is 4.90. The van der Waals surface area contributed by atoms with Gasteiger partial charge in [0.15, 0.2) is 14.9 Å². The number of aromatic nitrogens is 2. The van der Waals surface area contributed by atoms with E-state index >= 15 is 0 Å². The van der Waals surface area contributed by atoms with Gasteiger partial charge in [-0.3, -0.25) is 4.68 Å². The molecule has 20 heavy (non-hydrogen) atoms. The van der Waals surface area contributed by atoms with E-state index < -0.39 is 9.84 Å². The number of halogens is 1. The molecular weight excluding hydrogens is 296 g/mol. The summed E-state index contributed by atoms with van der Waals surface area (Å²) in [5.74, 6) is 0. The third-order valence-corrected chi connectivity index (χ3v) is 5.00. The lowest BCUT2D eigenvalue weighted by Gasteiger charge is -2.07. The Hall–Kier alpha value is -1.33. The van der Waals surface area contributed by atoms with E-state index in [1.807, 2.05) is 26.0 Å². The first-order valence-electron chi connectivity index (χ1n) is 6.13. The molecule has 2 rings (SSSR count). The van der Waals surface area contributed by atoms with Crippen LogP contribution in [-0.4, -0.2) is 24.5 Å². The number of sulfone groups is 1. The lowest BCUT2D eigenvalue weighted by atomic mass is 10.0. The van der Waals surface area contributed by atoms with Crippen molar-refractivity contribution < 1.29 is 8.42 Å². The molecule has 0 aliphatic carbocycles. The third-order valence-electron chi connectivity index (χ3n) is 3.41. The Bertz CT molecular complexity index is 792. The normalized spacial score (nSPS) is 11.9. The van der Waals surface area contributed by atoms with Crippen molar-refractivity contribution in [1.82, 2.24) is 9.78 Å². The Kier molecular flexibility index (Phi) is 3.69. The zero-order chi connectivity index (χ0) is 15.2. The predicted octanol–water partition coefficient (Wildman–Crippen LogP) is 3.07. The molecule has 6 heteroatoms. The zero-order valence-corrected chi connectivity index (χ0v) is 13.7. The maximum Gasteiger partial charge on any atom is 0.192 e. The van der Waals surface area contributed by atoms with Gasteiger partial charge in [0.1, 0.15) is 0 Å². The van der Waals surface area contributed by atoms with Gasteiger partial charge < -0.3 is 0 Å². The van der Waals surface area contributed by atoms with E-state index in [1.165, 1.54) is 10.9 Å². The molecule has 4 nitrogen and oxygen atoms in total. The largest absolute Gasteiger partial charge is 0.256 e. The summed E-state index contributed by atoms with van der Waals surface area (Å²) >= 11 is 6.29. The molecule has 0 atom stereocenters. The van der Waals surface area contributed by atoms with Crippen molar-refractivity contribution in [2.45, 2.75) is 25.8 Å². The fraction of sp³-hybridized carbons (Fsp3) is 0.357. The van der Waals surface area contributed by atoms with E-state index in [4.69, 9.17) is 11.6 Å². The van der Waals surface area contributed by atoms with Crippen molar-refractivity contribution in [3.8, 4) is 11.3 Å². The highest BCUT2D eigenvalue weighted by atomic mass is 35.5. The molecule has 1 aromatic heterocycles. The van der Waals surface area contributed by atoms with E-state index in [0.29, 0.717) is 16.3 Å². The lowest BCUT2D eigenvalue weighted by molar-refractivity contribution is 0.581. The molecule has 0 saturated heterocycles. The Morgan fingerprint density at radius 3 is 2.20 bits per heavy atom. The minimum absolute atomic E-state index is 0.224. The first-order chi connectivity index (χ1) is 9.12. The van der Waals surface area contributed by atoms with Crippen LogP contribution in [0.5, 0.6) is 0 Å². The molecule has 0 unspecified atom stereocenters. The lowest BCUT2D eigenvalue weighted by Crippen LogP contribution is -2.06. The van der Waals surface area contributed by atoms with Gasteiger partial charge in [0.25, 0.3) is 0 Å². The van der Waals surface area contributed by atoms with Gasteiger partial charge in [0, 0.05) is 24.4 Å². The number of rotatable bonds is 2. The maximum atomic E-state index is 11.8. The van der Waals surface area contributed by atoms with Gasteiger partial charge in [-0.2, -0.15) is 5.10 Å². The Labute approximate surface area is 124 Å². The Morgan fingerprint density at radius 1 is 1.15 bits per heavy atom. The number of hydrogen-bond acceptors (Lipinski definition) is 3. The highest BCUT2D eigenvalue weighted by molar-refractivity contribution is 7.90. The van der Waals surface area contributed by atoms with Crippen LogP contribution in [0, 0.1) is 20.8 Å². The van der Waals surface area contributed by atoms with E-state index in [1.54, 1.807) is 14.0 Å². The summed E-state index contributed by atoms with van der Waals surface area (Å²) in [6, 6.07) is 3.82. The molecule has 1 heterocycles. The number of nitrogens with zero attached hydrogens (tertiary/aromatic N) is 2. The second-order valence-electron chi connectivity index (χ2n) is 5.09. The summed E-state index contributed by atoms with van der Waals surface area (Å²) in [5, 5.41) is 5.13. The molecular formula is C14H17ClN2O2S. The molecule has 0 amide bonds. The molecule has 0 radical (unpaired) electrons. The van der Waals surface area contributed by atoms with Gasteiger partial charge >= 0.3 is 0 Å². The van der Waals surface area contributed by atoms with Crippen LogP contribution >= 0.6 is 11.6 Å². The van der Waals surface area contributed by atoms with Crippen LogP contribution in [0.1, 0.15) is 16.7 Å². The molecule has 0 fully saturated rings. The van der Waals surface area contributed by atoms with Gasteiger partial charge in [-0.05, 0) is 44.0 Å². The van der Waals surface area contributed by atoms with Crippen molar-refractivity contribution in [1.29, 1.82) is 0 Å². The average molecular weight is 313 g/mol. The summed E-state index contributed by atoms with van der Waals surface area (Å²) in [6.07, 6.45) is 1.18. The van der Waals surface area contributed by atoms with Crippen LogP contribution < -0.4 is 0 Å². The van der Waals surface area contributed by atoms with E-state index in [2.05, 4.69) is 5.10 Å². The standard InChI is InChI=1S/C14H17ClN2O2S/c1-8-6-11(12(15)7-9(8)2)13-10(3)14(17(4)16-13)20(5,18)19/h6-7H,1-5H3. The SMILES string of the molecule is Cc1cc(Cl)c(-c2nn(C)c(S(C)(=O)=O)c2C)cc1C. The van der Waals surface area contributed by atoms with Crippen molar-refractivity contribution in [3.05, 3.63) is 33.8 Å². The van der Waals surface area contributed by atoms with Gasteiger partial charge in [-0.25, -0.2) is 8.42 Å². The fourth-order valence-electron chi connectivity index (χ4n) is 2.35. The molecule has 2 aromatic rings. The summed E-state index contributed by atoms with van der Waals surface area (Å²) in [4.78, 5) is 0. The van der Waals surface area contributed by atoms with Crippen LogP contribution in [0.25, 0.3) is 11.3 Å². The fourth-order valence-corrected chi connectivity index (χ4v) is 3.83. The minimum atomic E-state index is -3.33. The third kappa shape index (κ3) is 2.47.